The monoisotopic (exact) mass is 218 g/mol. The van der Waals surface area contributed by atoms with E-state index in [0.29, 0.717) is 5.89 Å². The fraction of sp³-hybridized carbons (Fsp3) is 0.182. The van der Waals surface area contributed by atoms with E-state index in [0.717, 1.165) is 11.3 Å². The molecular formula is C11H10N2O3. The van der Waals surface area contributed by atoms with Crippen LogP contribution in [0.25, 0.3) is 11.5 Å². The topological polar surface area (TPSA) is 65.2 Å². The maximum Gasteiger partial charge on any atom is 0.360 e. The molecule has 5 heteroatoms. The Morgan fingerprint density at radius 3 is 3.00 bits per heavy atom. The number of ether oxygens (including phenoxy) is 1. The van der Waals surface area contributed by atoms with Gasteiger partial charge in [-0.3, -0.25) is 4.98 Å². The van der Waals surface area contributed by atoms with Crippen LogP contribution in [0, 0.1) is 6.92 Å². The van der Waals surface area contributed by atoms with Crippen molar-refractivity contribution in [3.05, 3.63) is 36.0 Å². The number of aryl methyl sites for hydroxylation is 1. The molecule has 2 aromatic heterocycles. The third-order valence-electron chi connectivity index (χ3n) is 2.04. The van der Waals surface area contributed by atoms with Crippen molar-refractivity contribution in [1.29, 1.82) is 0 Å². The standard InChI is InChI=1S/C11H10N2O3/c1-7-5-8(3-4-12-7)10-13-9(6-16-10)11(14)15-2/h3-6H,1-2H3. The van der Waals surface area contributed by atoms with E-state index >= 15 is 0 Å². The normalized spacial score (nSPS) is 10.1. The Bertz CT molecular complexity index is 519. The van der Waals surface area contributed by atoms with Crippen LogP contribution in [-0.2, 0) is 4.74 Å². The van der Waals surface area contributed by atoms with E-state index in [4.69, 9.17) is 4.42 Å². The highest BCUT2D eigenvalue weighted by Crippen LogP contribution is 2.18. The van der Waals surface area contributed by atoms with Gasteiger partial charge < -0.3 is 9.15 Å². The van der Waals surface area contributed by atoms with Gasteiger partial charge in [0.2, 0.25) is 5.89 Å². The molecule has 2 heterocycles. The zero-order valence-electron chi connectivity index (χ0n) is 8.93. The molecule has 0 saturated heterocycles. The van der Waals surface area contributed by atoms with Crippen molar-refractivity contribution in [2.45, 2.75) is 6.92 Å². The molecule has 0 unspecified atom stereocenters. The second-order valence-electron chi connectivity index (χ2n) is 3.22. The lowest BCUT2D eigenvalue weighted by Gasteiger charge is -1.95. The molecule has 0 spiro atoms. The van der Waals surface area contributed by atoms with Gasteiger partial charge in [0.05, 0.1) is 7.11 Å². The summed E-state index contributed by atoms with van der Waals surface area (Å²) in [6.45, 7) is 1.87. The second kappa shape index (κ2) is 4.14. The minimum atomic E-state index is -0.513. The van der Waals surface area contributed by atoms with Crippen LogP contribution in [0.15, 0.2) is 29.0 Å². The first-order valence-electron chi connectivity index (χ1n) is 4.67. The van der Waals surface area contributed by atoms with Crippen molar-refractivity contribution >= 4 is 5.97 Å². The molecule has 0 aliphatic heterocycles. The molecule has 0 atom stereocenters. The van der Waals surface area contributed by atoms with Crippen molar-refractivity contribution in [2.75, 3.05) is 7.11 Å². The van der Waals surface area contributed by atoms with E-state index in [1.807, 2.05) is 13.0 Å². The molecule has 82 valence electrons. The average molecular weight is 218 g/mol. The molecular weight excluding hydrogens is 208 g/mol. The van der Waals surface area contributed by atoms with Gasteiger partial charge in [-0.25, -0.2) is 9.78 Å². The van der Waals surface area contributed by atoms with E-state index in [1.54, 1.807) is 12.3 Å². The van der Waals surface area contributed by atoms with Crippen molar-refractivity contribution in [3.63, 3.8) is 0 Å². The third-order valence-corrected chi connectivity index (χ3v) is 2.04. The summed E-state index contributed by atoms with van der Waals surface area (Å²) >= 11 is 0. The Labute approximate surface area is 92.1 Å². The van der Waals surface area contributed by atoms with Gasteiger partial charge in [0, 0.05) is 17.5 Å². The highest BCUT2D eigenvalue weighted by Gasteiger charge is 2.13. The van der Waals surface area contributed by atoms with Gasteiger partial charge in [-0.15, -0.1) is 0 Å². The van der Waals surface area contributed by atoms with Gasteiger partial charge in [-0.05, 0) is 19.1 Å². The second-order valence-corrected chi connectivity index (χ2v) is 3.22. The molecule has 0 radical (unpaired) electrons. The first-order valence-corrected chi connectivity index (χ1v) is 4.67. The summed E-state index contributed by atoms with van der Waals surface area (Å²) in [6.07, 6.45) is 2.93. The summed E-state index contributed by atoms with van der Waals surface area (Å²) in [4.78, 5) is 19.3. The first kappa shape index (κ1) is 10.4. The number of carbonyl (C=O) groups excluding carboxylic acids is 1. The largest absolute Gasteiger partial charge is 0.464 e. The summed E-state index contributed by atoms with van der Waals surface area (Å²) in [5, 5.41) is 0. The molecule has 0 aliphatic carbocycles. The van der Waals surface area contributed by atoms with Crippen LogP contribution >= 0.6 is 0 Å². The minimum Gasteiger partial charge on any atom is -0.464 e. The number of hydrogen-bond donors (Lipinski definition) is 0. The molecule has 16 heavy (non-hydrogen) atoms. The van der Waals surface area contributed by atoms with Gasteiger partial charge in [-0.2, -0.15) is 0 Å². The number of carbonyl (C=O) groups is 1. The zero-order chi connectivity index (χ0) is 11.5. The van der Waals surface area contributed by atoms with E-state index in [2.05, 4.69) is 14.7 Å². The fourth-order valence-corrected chi connectivity index (χ4v) is 1.28. The molecule has 2 rings (SSSR count). The zero-order valence-corrected chi connectivity index (χ0v) is 8.93. The number of esters is 1. The van der Waals surface area contributed by atoms with Crippen LogP contribution in [0.1, 0.15) is 16.2 Å². The lowest BCUT2D eigenvalue weighted by molar-refractivity contribution is 0.0594. The Morgan fingerprint density at radius 1 is 1.50 bits per heavy atom. The van der Waals surface area contributed by atoms with Crippen LogP contribution in [0.3, 0.4) is 0 Å². The maximum atomic E-state index is 11.2. The molecule has 5 nitrogen and oxygen atoms in total. The Morgan fingerprint density at radius 2 is 2.31 bits per heavy atom. The lowest BCUT2D eigenvalue weighted by atomic mass is 10.2. The van der Waals surface area contributed by atoms with Crippen LogP contribution in [0.5, 0.6) is 0 Å². The summed E-state index contributed by atoms with van der Waals surface area (Å²) < 4.78 is 9.72. The smallest absolute Gasteiger partial charge is 0.360 e. The van der Waals surface area contributed by atoms with E-state index in [-0.39, 0.29) is 5.69 Å². The number of nitrogens with zero attached hydrogens (tertiary/aromatic N) is 2. The number of hydrogen-bond acceptors (Lipinski definition) is 5. The van der Waals surface area contributed by atoms with Gasteiger partial charge in [-0.1, -0.05) is 0 Å². The van der Waals surface area contributed by atoms with Gasteiger partial charge >= 0.3 is 5.97 Å². The highest BCUT2D eigenvalue weighted by atomic mass is 16.5. The summed E-state index contributed by atoms with van der Waals surface area (Å²) in [5.41, 5.74) is 1.80. The molecule has 0 saturated carbocycles. The van der Waals surface area contributed by atoms with E-state index in [9.17, 15) is 4.79 Å². The molecule has 0 fully saturated rings. The average Bonchev–Trinajstić information content (AvgIpc) is 2.77. The molecule has 0 amide bonds. The number of methoxy groups -OCH3 is 1. The molecule has 2 aromatic rings. The van der Waals surface area contributed by atoms with Crippen LogP contribution in [-0.4, -0.2) is 23.0 Å². The van der Waals surface area contributed by atoms with Crippen molar-refractivity contribution < 1.29 is 13.9 Å². The Hall–Kier alpha value is -2.17. The van der Waals surface area contributed by atoms with Crippen LogP contribution in [0.4, 0.5) is 0 Å². The predicted molar refractivity (Wildman–Crippen MR) is 55.8 cm³/mol. The number of oxazole rings is 1. The van der Waals surface area contributed by atoms with Gasteiger partial charge in [0.1, 0.15) is 6.26 Å². The van der Waals surface area contributed by atoms with Crippen molar-refractivity contribution in [3.8, 4) is 11.5 Å². The van der Waals surface area contributed by atoms with Crippen LogP contribution in [0.2, 0.25) is 0 Å². The summed E-state index contributed by atoms with van der Waals surface area (Å²) in [6, 6.07) is 3.59. The number of rotatable bonds is 2. The molecule has 0 aromatic carbocycles. The maximum absolute atomic E-state index is 11.2. The first-order chi connectivity index (χ1) is 7.70. The number of pyridine rings is 1. The fourth-order valence-electron chi connectivity index (χ4n) is 1.28. The third kappa shape index (κ3) is 1.93. The summed E-state index contributed by atoms with van der Waals surface area (Å²) in [5.74, 6) is -0.133. The lowest BCUT2D eigenvalue weighted by Crippen LogP contribution is -2.00. The number of aromatic nitrogens is 2. The van der Waals surface area contributed by atoms with Gasteiger partial charge in [0.25, 0.3) is 0 Å². The minimum absolute atomic E-state index is 0.159. The van der Waals surface area contributed by atoms with Crippen LogP contribution < -0.4 is 0 Å². The van der Waals surface area contributed by atoms with E-state index in [1.165, 1.54) is 13.4 Å². The molecule has 0 bridgehead atoms. The summed E-state index contributed by atoms with van der Waals surface area (Å²) in [7, 11) is 1.30. The Kier molecular flexibility index (Phi) is 2.68. The Balaban J connectivity index is 2.35. The molecule has 0 N–H and O–H groups in total. The quantitative estimate of drug-likeness (QED) is 0.719. The van der Waals surface area contributed by atoms with E-state index < -0.39 is 5.97 Å². The van der Waals surface area contributed by atoms with Gasteiger partial charge in [0.15, 0.2) is 5.69 Å². The highest BCUT2D eigenvalue weighted by molar-refractivity contribution is 5.87. The predicted octanol–water partition coefficient (Wildman–Crippen LogP) is 1.83. The molecule has 0 aliphatic rings. The van der Waals surface area contributed by atoms with Crippen molar-refractivity contribution in [2.24, 2.45) is 0 Å². The van der Waals surface area contributed by atoms with Crippen molar-refractivity contribution in [1.82, 2.24) is 9.97 Å². The SMILES string of the molecule is COC(=O)c1coc(-c2ccnc(C)c2)n1.